The van der Waals surface area contributed by atoms with E-state index in [1.807, 2.05) is 20.8 Å². The smallest absolute Gasteiger partial charge is 0.410 e. The standard InChI is InChI=1S/C23H31N3O5/c1-23(2,3)31-22(30)25-13-7-6-12-24(19(27)11-16-25)14-8-15-26-20(28)17-9-4-5-10-18(17)21(26)29/h4-5,9-10H,6-8,11-16H2,1-3H3. The number of fused-ring (bicyclic) bond motifs is 1. The number of nitrogens with zero attached hydrogens (tertiary/aromatic N) is 3. The fourth-order valence-electron chi connectivity index (χ4n) is 3.84. The number of imide groups is 1. The summed E-state index contributed by atoms with van der Waals surface area (Å²) in [7, 11) is 0. The van der Waals surface area contributed by atoms with Crippen LogP contribution in [-0.2, 0) is 9.53 Å². The first-order valence-corrected chi connectivity index (χ1v) is 10.9. The molecule has 8 heteroatoms. The quantitative estimate of drug-likeness (QED) is 0.687. The highest BCUT2D eigenvalue weighted by Crippen LogP contribution is 2.22. The molecule has 2 aliphatic heterocycles. The lowest BCUT2D eigenvalue weighted by molar-refractivity contribution is -0.131. The average molecular weight is 430 g/mol. The molecule has 31 heavy (non-hydrogen) atoms. The van der Waals surface area contributed by atoms with E-state index in [0.29, 0.717) is 43.7 Å². The number of rotatable bonds is 4. The van der Waals surface area contributed by atoms with Gasteiger partial charge in [-0.2, -0.15) is 0 Å². The summed E-state index contributed by atoms with van der Waals surface area (Å²) < 4.78 is 5.44. The zero-order valence-corrected chi connectivity index (χ0v) is 18.6. The molecule has 168 valence electrons. The van der Waals surface area contributed by atoms with Gasteiger partial charge in [-0.3, -0.25) is 19.3 Å². The van der Waals surface area contributed by atoms with Crippen molar-refractivity contribution >= 4 is 23.8 Å². The Bertz CT molecular complexity index is 826. The predicted molar refractivity (Wildman–Crippen MR) is 115 cm³/mol. The number of hydrogen-bond donors (Lipinski definition) is 0. The fourth-order valence-corrected chi connectivity index (χ4v) is 3.84. The van der Waals surface area contributed by atoms with Crippen molar-refractivity contribution in [1.82, 2.24) is 14.7 Å². The zero-order valence-electron chi connectivity index (χ0n) is 18.6. The molecule has 0 atom stereocenters. The molecule has 2 heterocycles. The number of amides is 4. The van der Waals surface area contributed by atoms with Crippen LogP contribution in [0.2, 0.25) is 0 Å². The van der Waals surface area contributed by atoms with Gasteiger partial charge in [0, 0.05) is 39.1 Å². The molecule has 1 aromatic rings. The molecule has 0 N–H and O–H groups in total. The third-order valence-electron chi connectivity index (χ3n) is 5.39. The molecule has 8 nitrogen and oxygen atoms in total. The molecule has 1 saturated heterocycles. The summed E-state index contributed by atoms with van der Waals surface area (Å²) in [6, 6.07) is 6.82. The maximum atomic E-state index is 12.7. The second kappa shape index (κ2) is 9.49. The van der Waals surface area contributed by atoms with Gasteiger partial charge in [-0.15, -0.1) is 0 Å². The van der Waals surface area contributed by atoms with E-state index in [1.165, 1.54) is 4.90 Å². The highest BCUT2D eigenvalue weighted by molar-refractivity contribution is 6.21. The number of carbonyl (C=O) groups excluding carboxylic acids is 4. The topological polar surface area (TPSA) is 87.2 Å². The van der Waals surface area contributed by atoms with E-state index in [9.17, 15) is 19.2 Å². The minimum atomic E-state index is -0.574. The molecular weight excluding hydrogens is 398 g/mol. The Hall–Kier alpha value is -2.90. The van der Waals surface area contributed by atoms with Crippen molar-refractivity contribution in [3.05, 3.63) is 35.4 Å². The van der Waals surface area contributed by atoms with Gasteiger partial charge in [-0.25, -0.2) is 4.79 Å². The van der Waals surface area contributed by atoms with Crippen molar-refractivity contribution in [2.75, 3.05) is 32.7 Å². The van der Waals surface area contributed by atoms with Gasteiger partial charge in [0.05, 0.1) is 11.1 Å². The summed E-state index contributed by atoms with van der Waals surface area (Å²) in [4.78, 5) is 54.7. The molecule has 0 saturated carbocycles. The summed E-state index contributed by atoms with van der Waals surface area (Å²) in [5, 5.41) is 0. The van der Waals surface area contributed by atoms with Crippen LogP contribution in [0.5, 0.6) is 0 Å². The van der Waals surface area contributed by atoms with Crippen molar-refractivity contribution in [2.24, 2.45) is 0 Å². The summed E-state index contributed by atoms with van der Waals surface area (Å²) in [5.74, 6) is -0.577. The lowest BCUT2D eigenvalue weighted by Gasteiger charge is -2.27. The molecule has 2 aliphatic rings. The van der Waals surface area contributed by atoms with Crippen molar-refractivity contribution < 1.29 is 23.9 Å². The van der Waals surface area contributed by atoms with Crippen molar-refractivity contribution in [3.63, 3.8) is 0 Å². The Morgan fingerprint density at radius 2 is 1.55 bits per heavy atom. The van der Waals surface area contributed by atoms with Crippen molar-refractivity contribution in [1.29, 1.82) is 0 Å². The van der Waals surface area contributed by atoms with Gasteiger partial charge in [0.25, 0.3) is 11.8 Å². The molecule has 0 radical (unpaired) electrons. The lowest BCUT2D eigenvalue weighted by atomic mass is 10.1. The largest absolute Gasteiger partial charge is 0.444 e. The zero-order chi connectivity index (χ0) is 22.6. The Balaban J connectivity index is 1.51. The van der Waals surface area contributed by atoms with Gasteiger partial charge >= 0.3 is 6.09 Å². The van der Waals surface area contributed by atoms with Crippen LogP contribution in [0.3, 0.4) is 0 Å². The fraction of sp³-hybridized carbons (Fsp3) is 0.565. The van der Waals surface area contributed by atoms with Crippen LogP contribution in [-0.4, -0.2) is 76.8 Å². The first-order chi connectivity index (χ1) is 14.7. The Morgan fingerprint density at radius 1 is 0.935 bits per heavy atom. The number of benzene rings is 1. The van der Waals surface area contributed by atoms with Gasteiger partial charge in [0.2, 0.25) is 5.91 Å². The van der Waals surface area contributed by atoms with Crippen molar-refractivity contribution in [2.45, 2.75) is 52.1 Å². The third kappa shape index (κ3) is 5.62. The molecule has 0 unspecified atom stereocenters. The van der Waals surface area contributed by atoms with E-state index in [-0.39, 0.29) is 36.8 Å². The number of ether oxygens (including phenoxy) is 1. The number of carbonyl (C=O) groups is 4. The van der Waals surface area contributed by atoms with E-state index in [0.717, 1.165) is 12.8 Å². The molecule has 1 aromatic carbocycles. The second-order valence-corrected chi connectivity index (χ2v) is 8.97. The third-order valence-corrected chi connectivity index (χ3v) is 5.39. The van der Waals surface area contributed by atoms with E-state index < -0.39 is 5.60 Å². The van der Waals surface area contributed by atoms with Gasteiger partial charge in [0.15, 0.2) is 0 Å². The second-order valence-electron chi connectivity index (χ2n) is 8.97. The Labute approximate surface area is 183 Å². The summed E-state index contributed by atoms with van der Waals surface area (Å²) >= 11 is 0. The highest BCUT2D eigenvalue weighted by atomic mass is 16.6. The number of hydrogen-bond acceptors (Lipinski definition) is 5. The van der Waals surface area contributed by atoms with E-state index >= 15 is 0 Å². The molecular formula is C23H31N3O5. The maximum Gasteiger partial charge on any atom is 0.410 e. The van der Waals surface area contributed by atoms with Gasteiger partial charge in [0.1, 0.15) is 5.60 Å². The van der Waals surface area contributed by atoms with E-state index in [1.54, 1.807) is 34.1 Å². The first kappa shape index (κ1) is 22.8. The summed E-state index contributed by atoms with van der Waals surface area (Å²) in [5.41, 5.74) is 0.303. The summed E-state index contributed by atoms with van der Waals surface area (Å²) in [6.45, 7) is 7.70. The molecule has 0 aliphatic carbocycles. The molecule has 1 fully saturated rings. The molecule has 0 spiro atoms. The highest BCUT2D eigenvalue weighted by Gasteiger charge is 2.34. The molecule has 0 bridgehead atoms. The normalized spacial score (nSPS) is 17.9. The van der Waals surface area contributed by atoms with Gasteiger partial charge in [-0.05, 0) is 52.2 Å². The van der Waals surface area contributed by atoms with E-state index in [4.69, 9.17) is 4.74 Å². The molecule has 4 amide bonds. The SMILES string of the molecule is CC(C)(C)OC(=O)N1CCCCN(CCCN2C(=O)c3ccccc3C2=O)C(=O)CC1. The minimum Gasteiger partial charge on any atom is -0.444 e. The van der Waals surface area contributed by atoms with Crippen LogP contribution in [0.25, 0.3) is 0 Å². The van der Waals surface area contributed by atoms with Crippen LogP contribution in [0.4, 0.5) is 4.79 Å². The summed E-state index contributed by atoms with van der Waals surface area (Å²) in [6.07, 6.45) is 1.91. The van der Waals surface area contributed by atoms with Crippen LogP contribution in [0.1, 0.15) is 67.2 Å². The average Bonchev–Trinajstić information content (AvgIpc) is 2.99. The molecule has 0 aromatic heterocycles. The van der Waals surface area contributed by atoms with Gasteiger partial charge in [-0.1, -0.05) is 12.1 Å². The lowest BCUT2D eigenvalue weighted by Crippen LogP contribution is -2.39. The van der Waals surface area contributed by atoms with Crippen LogP contribution < -0.4 is 0 Å². The van der Waals surface area contributed by atoms with Gasteiger partial charge < -0.3 is 14.5 Å². The van der Waals surface area contributed by atoms with E-state index in [2.05, 4.69) is 0 Å². The monoisotopic (exact) mass is 429 g/mol. The molecule has 3 rings (SSSR count). The van der Waals surface area contributed by atoms with Crippen molar-refractivity contribution in [3.8, 4) is 0 Å². The minimum absolute atomic E-state index is 0.0298. The Kier molecular flexibility index (Phi) is 6.97. The van der Waals surface area contributed by atoms with Crippen LogP contribution >= 0.6 is 0 Å². The van der Waals surface area contributed by atoms with Crippen LogP contribution in [0.15, 0.2) is 24.3 Å². The maximum absolute atomic E-state index is 12.7. The predicted octanol–water partition coefficient (Wildman–Crippen LogP) is 2.92. The first-order valence-electron chi connectivity index (χ1n) is 10.9. The Morgan fingerprint density at radius 3 is 2.16 bits per heavy atom. The van der Waals surface area contributed by atoms with Crippen LogP contribution in [0, 0.1) is 0 Å².